The van der Waals surface area contributed by atoms with Gasteiger partial charge >= 0.3 is 0 Å². The van der Waals surface area contributed by atoms with E-state index in [-0.39, 0.29) is 13.2 Å². The van der Waals surface area contributed by atoms with Crippen molar-refractivity contribution in [1.82, 2.24) is 9.80 Å². The van der Waals surface area contributed by atoms with Crippen LogP contribution < -0.4 is 0 Å². The van der Waals surface area contributed by atoms with E-state index in [0.717, 1.165) is 51.3 Å². The third-order valence-corrected chi connectivity index (χ3v) is 4.58. The molecule has 5 heteroatoms. The van der Waals surface area contributed by atoms with Gasteiger partial charge < -0.3 is 10.2 Å². The number of hydrogen-bond donors (Lipinski definition) is 2. The summed E-state index contributed by atoms with van der Waals surface area (Å²) in [6.07, 6.45) is 1.69. The second-order valence-electron chi connectivity index (χ2n) is 5.23. The Balaban J connectivity index is 1.90. The Hall–Kier alpha value is -0.900. The third-order valence-electron chi connectivity index (χ3n) is 3.67. The molecule has 0 radical (unpaired) electrons. The Morgan fingerprint density at radius 1 is 1.10 bits per heavy atom. The van der Waals surface area contributed by atoms with Crippen molar-refractivity contribution in [2.24, 2.45) is 0 Å². The molecule has 0 spiro atoms. The van der Waals surface area contributed by atoms with Gasteiger partial charge in [-0.3, -0.25) is 9.80 Å². The highest BCUT2D eigenvalue weighted by atomic mass is 32.1. The Morgan fingerprint density at radius 3 is 2.71 bits per heavy atom. The van der Waals surface area contributed by atoms with E-state index in [1.54, 1.807) is 11.3 Å². The smallest absolute Gasteiger partial charge is 0.0558 e. The summed E-state index contributed by atoms with van der Waals surface area (Å²) in [5, 5.41) is 19.9. The lowest BCUT2D eigenvalue weighted by molar-refractivity contribution is 0.196. The molecule has 0 bridgehead atoms. The Labute approximate surface area is 131 Å². The van der Waals surface area contributed by atoms with Gasteiger partial charge in [0.15, 0.2) is 0 Å². The Morgan fingerprint density at radius 2 is 1.90 bits per heavy atom. The third kappa shape index (κ3) is 5.42. The first-order valence-corrected chi connectivity index (χ1v) is 8.43. The van der Waals surface area contributed by atoms with E-state index in [4.69, 9.17) is 10.2 Å². The van der Waals surface area contributed by atoms with Crippen LogP contribution in [0.1, 0.15) is 23.3 Å². The fourth-order valence-electron chi connectivity index (χ4n) is 2.54. The largest absolute Gasteiger partial charge is 0.395 e. The molecular formula is C16H24N2O2S. The van der Waals surface area contributed by atoms with E-state index < -0.39 is 0 Å². The fraction of sp³-hybridized carbons (Fsp3) is 0.625. The maximum absolute atomic E-state index is 9.04. The van der Waals surface area contributed by atoms with Gasteiger partial charge in [-0.2, -0.15) is 0 Å². The molecule has 2 rings (SSSR count). The lowest BCUT2D eigenvalue weighted by atomic mass is 10.2. The standard InChI is InChI=1S/C16H24N2O2S/c19-11-2-1-4-15-5-13-21-16(15)14-18-7-3-6-17(8-9-18)10-12-20/h5,13,19-20H,2-3,6-12,14H2. The van der Waals surface area contributed by atoms with Crippen LogP contribution in [0, 0.1) is 11.8 Å². The molecule has 0 unspecified atom stereocenters. The zero-order valence-corrected chi connectivity index (χ0v) is 13.2. The maximum atomic E-state index is 9.04. The molecule has 1 aromatic heterocycles. The molecule has 0 aromatic carbocycles. The average molecular weight is 308 g/mol. The van der Waals surface area contributed by atoms with Crippen molar-refractivity contribution in [1.29, 1.82) is 0 Å². The zero-order valence-electron chi connectivity index (χ0n) is 12.4. The van der Waals surface area contributed by atoms with Gasteiger partial charge in [0.1, 0.15) is 0 Å². The molecule has 1 aromatic rings. The molecule has 0 atom stereocenters. The Bertz CT molecular complexity index is 478. The van der Waals surface area contributed by atoms with E-state index in [9.17, 15) is 0 Å². The van der Waals surface area contributed by atoms with Crippen LogP contribution in [0.2, 0.25) is 0 Å². The highest BCUT2D eigenvalue weighted by Crippen LogP contribution is 2.19. The molecular weight excluding hydrogens is 284 g/mol. The molecule has 2 N–H and O–H groups in total. The van der Waals surface area contributed by atoms with Crippen LogP contribution in [0.3, 0.4) is 0 Å². The highest BCUT2D eigenvalue weighted by molar-refractivity contribution is 7.10. The highest BCUT2D eigenvalue weighted by Gasteiger charge is 2.15. The van der Waals surface area contributed by atoms with E-state index in [1.807, 2.05) is 0 Å². The topological polar surface area (TPSA) is 46.9 Å². The second-order valence-corrected chi connectivity index (χ2v) is 6.23. The number of thiophene rings is 1. The quantitative estimate of drug-likeness (QED) is 0.796. The number of aliphatic hydroxyl groups is 2. The molecule has 0 aliphatic carbocycles. The summed E-state index contributed by atoms with van der Waals surface area (Å²) in [6, 6.07) is 2.07. The molecule has 0 saturated carbocycles. The minimum absolute atomic E-state index is 0.124. The first kappa shape index (κ1) is 16.5. The summed E-state index contributed by atoms with van der Waals surface area (Å²) >= 11 is 1.76. The van der Waals surface area contributed by atoms with Crippen molar-refractivity contribution in [2.75, 3.05) is 45.9 Å². The molecule has 2 heterocycles. The van der Waals surface area contributed by atoms with Crippen molar-refractivity contribution in [3.05, 3.63) is 21.9 Å². The van der Waals surface area contributed by atoms with Crippen LogP contribution in [-0.2, 0) is 6.54 Å². The van der Waals surface area contributed by atoms with Crippen LogP contribution in [0.15, 0.2) is 11.4 Å². The summed E-state index contributed by atoms with van der Waals surface area (Å²) in [5.74, 6) is 6.16. The van der Waals surface area contributed by atoms with E-state index in [1.165, 1.54) is 4.88 Å². The van der Waals surface area contributed by atoms with Gasteiger partial charge in [-0.25, -0.2) is 0 Å². The van der Waals surface area contributed by atoms with Crippen LogP contribution in [-0.4, -0.2) is 66.0 Å². The molecule has 116 valence electrons. The van der Waals surface area contributed by atoms with Gasteiger partial charge in [-0.05, 0) is 31.0 Å². The van der Waals surface area contributed by atoms with Crippen molar-refractivity contribution in [2.45, 2.75) is 19.4 Å². The monoisotopic (exact) mass is 308 g/mol. The lowest BCUT2D eigenvalue weighted by Crippen LogP contribution is -2.32. The average Bonchev–Trinajstić information content (AvgIpc) is 2.79. The van der Waals surface area contributed by atoms with E-state index in [0.29, 0.717) is 6.42 Å². The summed E-state index contributed by atoms with van der Waals surface area (Å²) in [5.41, 5.74) is 1.10. The van der Waals surface area contributed by atoms with Gasteiger partial charge in [0.25, 0.3) is 0 Å². The van der Waals surface area contributed by atoms with Gasteiger partial charge in [-0.1, -0.05) is 11.8 Å². The molecule has 21 heavy (non-hydrogen) atoms. The number of nitrogens with zero attached hydrogens (tertiary/aromatic N) is 2. The SMILES string of the molecule is OCCC#Cc1ccsc1CN1CCCN(CCO)CC1. The number of rotatable bonds is 5. The molecule has 0 amide bonds. The fourth-order valence-corrected chi connectivity index (χ4v) is 3.41. The Kier molecular flexibility index (Phi) is 7.20. The lowest BCUT2D eigenvalue weighted by Gasteiger charge is -2.20. The van der Waals surface area contributed by atoms with Crippen LogP contribution in [0.4, 0.5) is 0 Å². The first-order valence-electron chi connectivity index (χ1n) is 7.55. The van der Waals surface area contributed by atoms with Crippen molar-refractivity contribution in [3.63, 3.8) is 0 Å². The number of β-amino-alcohol motifs (C(OH)–C–C–N with tert-alkyl or cyclic N) is 1. The number of aliphatic hydroxyl groups excluding tert-OH is 2. The molecule has 1 aliphatic rings. The number of hydrogen-bond acceptors (Lipinski definition) is 5. The molecule has 1 saturated heterocycles. The predicted molar refractivity (Wildman–Crippen MR) is 86.3 cm³/mol. The molecule has 1 fully saturated rings. The second kappa shape index (κ2) is 9.19. The minimum Gasteiger partial charge on any atom is -0.395 e. The van der Waals surface area contributed by atoms with Crippen molar-refractivity contribution < 1.29 is 10.2 Å². The summed E-state index contributed by atoms with van der Waals surface area (Å²) in [6.45, 7) is 6.35. The van der Waals surface area contributed by atoms with Crippen LogP contribution in [0.25, 0.3) is 0 Å². The van der Waals surface area contributed by atoms with Gasteiger partial charge in [0.05, 0.1) is 13.2 Å². The summed E-state index contributed by atoms with van der Waals surface area (Å²) < 4.78 is 0. The van der Waals surface area contributed by atoms with Crippen LogP contribution in [0.5, 0.6) is 0 Å². The minimum atomic E-state index is 0.124. The van der Waals surface area contributed by atoms with Gasteiger partial charge in [0.2, 0.25) is 0 Å². The van der Waals surface area contributed by atoms with E-state index >= 15 is 0 Å². The normalized spacial score (nSPS) is 17.2. The molecule has 1 aliphatic heterocycles. The first-order chi connectivity index (χ1) is 10.3. The van der Waals surface area contributed by atoms with Gasteiger partial charge in [-0.15, -0.1) is 11.3 Å². The van der Waals surface area contributed by atoms with E-state index in [2.05, 4.69) is 33.1 Å². The maximum Gasteiger partial charge on any atom is 0.0558 e. The predicted octanol–water partition coefficient (Wildman–Crippen LogP) is 0.982. The van der Waals surface area contributed by atoms with Crippen molar-refractivity contribution >= 4 is 11.3 Å². The van der Waals surface area contributed by atoms with Crippen LogP contribution >= 0.6 is 11.3 Å². The van der Waals surface area contributed by atoms with Gasteiger partial charge in [0, 0.05) is 43.0 Å². The van der Waals surface area contributed by atoms with Crippen molar-refractivity contribution in [3.8, 4) is 11.8 Å². The summed E-state index contributed by atoms with van der Waals surface area (Å²) in [7, 11) is 0. The molecule has 4 nitrogen and oxygen atoms in total. The zero-order chi connectivity index (χ0) is 14.9. The summed E-state index contributed by atoms with van der Waals surface area (Å²) in [4.78, 5) is 6.12.